The summed E-state index contributed by atoms with van der Waals surface area (Å²) in [4.78, 5) is 38.0. The Labute approximate surface area is 198 Å². The highest BCUT2D eigenvalue weighted by Gasteiger charge is 2.23. The molecule has 0 aliphatic heterocycles. The average molecular weight is 474 g/mol. The molecule has 0 unspecified atom stereocenters. The van der Waals surface area contributed by atoms with Crippen LogP contribution >= 0.6 is 11.3 Å². The SMILES string of the molecule is Cc1nc2nc(N(Cc3cccs3)C(=O)c3ccc(F)cc3)[nH]n2c(=O)c1Cc1ccccc1. The Morgan fingerprint density at radius 2 is 1.82 bits per heavy atom. The lowest BCUT2D eigenvalue weighted by Gasteiger charge is -2.19. The predicted octanol–water partition coefficient (Wildman–Crippen LogP) is 4.36. The van der Waals surface area contributed by atoms with Gasteiger partial charge in [-0.15, -0.1) is 11.3 Å². The topological polar surface area (TPSA) is 83.4 Å². The molecule has 0 aliphatic rings. The molecule has 0 fully saturated rings. The van der Waals surface area contributed by atoms with Gasteiger partial charge in [-0.3, -0.25) is 19.6 Å². The van der Waals surface area contributed by atoms with Crippen molar-refractivity contribution in [3.8, 4) is 0 Å². The first kappa shape index (κ1) is 21.7. The molecule has 0 aliphatic carbocycles. The summed E-state index contributed by atoms with van der Waals surface area (Å²) in [6.07, 6.45) is 0.434. The molecular weight excluding hydrogens is 453 g/mol. The molecule has 1 N–H and O–H groups in total. The molecule has 3 heterocycles. The van der Waals surface area contributed by atoms with Gasteiger partial charge in [-0.1, -0.05) is 36.4 Å². The molecule has 0 saturated heterocycles. The Bertz CT molecular complexity index is 1510. The van der Waals surface area contributed by atoms with Crippen molar-refractivity contribution in [3.63, 3.8) is 0 Å². The van der Waals surface area contributed by atoms with E-state index in [0.717, 1.165) is 10.4 Å². The van der Waals surface area contributed by atoms with E-state index in [0.29, 0.717) is 23.2 Å². The van der Waals surface area contributed by atoms with Crippen LogP contribution in [0.15, 0.2) is 76.9 Å². The Hall–Kier alpha value is -4.11. The fraction of sp³-hybridized carbons (Fsp3) is 0.120. The molecular formula is C25H20FN5O2S. The number of aromatic amines is 1. The summed E-state index contributed by atoms with van der Waals surface area (Å²) in [7, 11) is 0. The minimum atomic E-state index is -0.428. The lowest BCUT2D eigenvalue weighted by molar-refractivity contribution is 0.0983. The summed E-state index contributed by atoms with van der Waals surface area (Å²) in [6, 6.07) is 18.8. The second kappa shape index (κ2) is 9.03. The number of aromatic nitrogens is 4. The first-order valence-electron chi connectivity index (χ1n) is 10.6. The maximum atomic E-state index is 13.4. The number of nitrogens with zero attached hydrogens (tertiary/aromatic N) is 4. The highest BCUT2D eigenvalue weighted by atomic mass is 32.1. The van der Waals surface area contributed by atoms with Crippen molar-refractivity contribution in [2.45, 2.75) is 19.9 Å². The van der Waals surface area contributed by atoms with Crippen LogP contribution in [0.5, 0.6) is 0 Å². The normalized spacial score (nSPS) is 11.1. The van der Waals surface area contributed by atoms with Gasteiger partial charge in [0.05, 0.1) is 12.2 Å². The van der Waals surface area contributed by atoms with Crippen LogP contribution in [0.4, 0.5) is 10.3 Å². The number of carbonyl (C=O) groups excluding carboxylic acids is 1. The molecule has 0 saturated carbocycles. The third kappa shape index (κ3) is 4.25. The maximum absolute atomic E-state index is 13.4. The van der Waals surface area contributed by atoms with Crippen LogP contribution in [-0.2, 0) is 13.0 Å². The fourth-order valence-electron chi connectivity index (χ4n) is 3.72. The number of thiophene rings is 1. The van der Waals surface area contributed by atoms with Gasteiger partial charge in [0.2, 0.25) is 5.95 Å². The minimum absolute atomic E-state index is 0.178. The van der Waals surface area contributed by atoms with E-state index in [2.05, 4.69) is 15.1 Å². The van der Waals surface area contributed by atoms with Crippen molar-refractivity contribution in [2.24, 2.45) is 0 Å². The Morgan fingerprint density at radius 1 is 1.06 bits per heavy atom. The number of rotatable bonds is 6. The van der Waals surface area contributed by atoms with Gasteiger partial charge in [0.15, 0.2) is 0 Å². The smallest absolute Gasteiger partial charge is 0.272 e. The van der Waals surface area contributed by atoms with Crippen LogP contribution in [0.25, 0.3) is 5.78 Å². The highest BCUT2D eigenvalue weighted by Crippen LogP contribution is 2.20. The number of aryl methyl sites for hydroxylation is 1. The first-order valence-corrected chi connectivity index (χ1v) is 11.5. The average Bonchev–Trinajstić information content (AvgIpc) is 3.51. The van der Waals surface area contributed by atoms with Crippen LogP contribution in [0.3, 0.4) is 0 Å². The van der Waals surface area contributed by atoms with E-state index in [1.165, 1.54) is 45.0 Å². The van der Waals surface area contributed by atoms with Gasteiger partial charge in [0, 0.05) is 22.4 Å². The van der Waals surface area contributed by atoms with Crippen molar-refractivity contribution in [3.05, 3.63) is 116 Å². The standard InChI is InChI=1S/C25H20FN5O2S/c1-16-21(14-17-6-3-2-4-7-17)23(33)31-24(27-16)28-25(29-31)30(15-20-8-5-13-34-20)22(32)18-9-11-19(26)12-10-18/h2-13H,14-15H2,1H3,(H,27,28,29). The number of hydrogen-bond acceptors (Lipinski definition) is 5. The molecule has 0 bridgehead atoms. The van der Waals surface area contributed by atoms with Gasteiger partial charge < -0.3 is 0 Å². The number of nitrogens with one attached hydrogen (secondary N) is 1. The van der Waals surface area contributed by atoms with Gasteiger partial charge in [-0.2, -0.15) is 9.50 Å². The predicted molar refractivity (Wildman–Crippen MR) is 129 cm³/mol. The highest BCUT2D eigenvalue weighted by molar-refractivity contribution is 7.09. The molecule has 0 spiro atoms. The molecule has 1 amide bonds. The molecule has 34 heavy (non-hydrogen) atoms. The number of H-pyrrole nitrogens is 1. The lowest BCUT2D eigenvalue weighted by atomic mass is 10.1. The van der Waals surface area contributed by atoms with Crippen LogP contribution in [0.1, 0.15) is 32.1 Å². The minimum Gasteiger partial charge on any atom is -0.272 e. The van der Waals surface area contributed by atoms with Crippen LogP contribution < -0.4 is 10.5 Å². The number of fused-ring (bicyclic) bond motifs is 1. The van der Waals surface area contributed by atoms with E-state index in [-0.39, 0.29) is 29.7 Å². The van der Waals surface area contributed by atoms with Gasteiger partial charge in [0.1, 0.15) is 5.82 Å². The summed E-state index contributed by atoms with van der Waals surface area (Å²) in [5, 5.41) is 4.87. The molecule has 9 heteroatoms. The fourth-order valence-corrected chi connectivity index (χ4v) is 4.41. The number of anilines is 1. The van der Waals surface area contributed by atoms with E-state index < -0.39 is 5.82 Å². The third-order valence-corrected chi connectivity index (χ3v) is 6.35. The van der Waals surface area contributed by atoms with Gasteiger partial charge in [-0.05, 0) is 48.2 Å². The first-order chi connectivity index (χ1) is 16.5. The second-order valence-corrected chi connectivity index (χ2v) is 8.84. The summed E-state index contributed by atoms with van der Waals surface area (Å²) in [6.45, 7) is 2.01. The van der Waals surface area contributed by atoms with Crippen molar-refractivity contribution in [2.75, 3.05) is 4.90 Å². The summed E-state index contributed by atoms with van der Waals surface area (Å²) in [5.74, 6) is -0.440. The van der Waals surface area contributed by atoms with E-state index in [9.17, 15) is 14.0 Å². The zero-order chi connectivity index (χ0) is 23.7. The molecule has 0 atom stereocenters. The number of hydrogen-bond donors (Lipinski definition) is 1. The zero-order valence-corrected chi connectivity index (χ0v) is 19.1. The second-order valence-electron chi connectivity index (χ2n) is 7.80. The Balaban J connectivity index is 1.57. The zero-order valence-electron chi connectivity index (χ0n) is 18.2. The number of benzene rings is 2. The summed E-state index contributed by atoms with van der Waals surface area (Å²) in [5.41, 5.74) is 2.17. The monoisotopic (exact) mass is 473 g/mol. The largest absolute Gasteiger partial charge is 0.277 e. The van der Waals surface area contributed by atoms with E-state index in [4.69, 9.17) is 0 Å². The molecule has 170 valence electrons. The quantitative estimate of drug-likeness (QED) is 0.397. The molecule has 3 aromatic heterocycles. The van der Waals surface area contributed by atoms with E-state index in [1.54, 1.807) is 6.92 Å². The van der Waals surface area contributed by atoms with Crippen molar-refractivity contribution in [1.29, 1.82) is 0 Å². The number of carbonyl (C=O) groups is 1. The van der Waals surface area contributed by atoms with Gasteiger partial charge in [0.25, 0.3) is 17.2 Å². The van der Waals surface area contributed by atoms with E-state index >= 15 is 0 Å². The molecule has 7 nitrogen and oxygen atoms in total. The van der Waals surface area contributed by atoms with Crippen molar-refractivity contribution < 1.29 is 9.18 Å². The van der Waals surface area contributed by atoms with Gasteiger partial charge in [-0.25, -0.2) is 9.37 Å². The number of amides is 1. The van der Waals surface area contributed by atoms with Crippen LogP contribution in [0, 0.1) is 12.7 Å². The van der Waals surface area contributed by atoms with Crippen molar-refractivity contribution in [1.82, 2.24) is 19.6 Å². The summed E-state index contributed by atoms with van der Waals surface area (Å²) < 4.78 is 14.7. The van der Waals surface area contributed by atoms with Crippen molar-refractivity contribution >= 4 is 29.0 Å². The lowest BCUT2D eigenvalue weighted by Crippen LogP contribution is -2.31. The summed E-state index contributed by atoms with van der Waals surface area (Å²) >= 11 is 1.50. The number of halogens is 1. The van der Waals surface area contributed by atoms with Crippen LogP contribution in [-0.4, -0.2) is 25.5 Å². The van der Waals surface area contributed by atoms with Crippen LogP contribution in [0.2, 0.25) is 0 Å². The van der Waals surface area contributed by atoms with Gasteiger partial charge >= 0.3 is 0 Å². The molecule has 2 aromatic carbocycles. The molecule has 5 aromatic rings. The maximum Gasteiger partial charge on any atom is 0.277 e. The molecule has 0 radical (unpaired) electrons. The van der Waals surface area contributed by atoms with E-state index in [1.807, 2.05) is 47.8 Å². The Morgan fingerprint density at radius 3 is 2.53 bits per heavy atom. The molecule has 5 rings (SSSR count). The third-order valence-electron chi connectivity index (χ3n) is 5.49. The Kier molecular flexibility index (Phi) is 5.77.